The molecule has 3 fully saturated rings. The monoisotopic (exact) mass is 726 g/mol. The number of methoxy groups -OCH3 is 1. The van der Waals surface area contributed by atoms with Gasteiger partial charge >= 0.3 is 6.09 Å². The predicted octanol–water partition coefficient (Wildman–Crippen LogP) is 1.89. The number of carbonyl (C=O) groups excluding carboxylic acids is 4. The summed E-state index contributed by atoms with van der Waals surface area (Å²) < 4.78 is 38.5. The van der Waals surface area contributed by atoms with E-state index in [9.17, 15) is 27.6 Å². The molecule has 1 aromatic heterocycles. The minimum atomic E-state index is -3.89. The standard InChI is InChI=1S/C34H46N8O8S/c1-6-22-18-34(22,31(45)39-51(47,48)24-12-13-24)36-29(43)25-17-21-19-41(25)30(44)27(33(2,3)4)35-32(46)50-15-9-7-8-10-20-16-23(11-14-26(20)49-5)42-38-28(21)37-40-42/h6,11,14,16,21-22,24-25,27H,1,7-10,12-13,15,17-19H2,2-5H3,(H,35,46)(H,36,43)(H,39,45)/t21-,22+,25+,27+,34+/m1/s1. The zero-order chi connectivity index (χ0) is 36.7. The molecule has 6 bridgehead atoms. The lowest BCUT2D eigenvalue weighted by atomic mass is 9.85. The van der Waals surface area contributed by atoms with E-state index in [-0.39, 0.29) is 26.0 Å². The van der Waals surface area contributed by atoms with Crippen LogP contribution in [-0.4, -0.2) is 100 Å². The van der Waals surface area contributed by atoms with Gasteiger partial charge in [-0.1, -0.05) is 26.8 Å². The Morgan fingerprint density at radius 2 is 1.94 bits per heavy atom. The first-order valence-electron chi connectivity index (χ1n) is 17.4. The van der Waals surface area contributed by atoms with Gasteiger partial charge in [0, 0.05) is 18.4 Å². The molecular formula is C34H46N8O8S. The molecular weight excluding hydrogens is 680 g/mol. The van der Waals surface area contributed by atoms with Crippen LogP contribution in [0.2, 0.25) is 0 Å². The Labute approximate surface area is 297 Å². The van der Waals surface area contributed by atoms with E-state index in [4.69, 9.17) is 9.47 Å². The predicted molar refractivity (Wildman–Crippen MR) is 183 cm³/mol. The molecule has 6 rings (SSSR count). The number of benzene rings is 1. The molecule has 0 unspecified atom stereocenters. The number of rotatable bonds is 7. The van der Waals surface area contributed by atoms with Gasteiger partial charge in [0.05, 0.1) is 24.7 Å². The van der Waals surface area contributed by atoms with Gasteiger partial charge in [0.25, 0.3) is 5.91 Å². The van der Waals surface area contributed by atoms with Gasteiger partial charge in [0.1, 0.15) is 23.4 Å². The van der Waals surface area contributed by atoms with Crippen LogP contribution in [0.15, 0.2) is 30.9 Å². The third kappa shape index (κ3) is 7.58. The number of hydrogen-bond donors (Lipinski definition) is 3. The second kappa shape index (κ2) is 13.9. The fourth-order valence-corrected chi connectivity index (χ4v) is 8.21. The largest absolute Gasteiger partial charge is 0.496 e. The van der Waals surface area contributed by atoms with Gasteiger partial charge in [-0.05, 0) is 85.8 Å². The summed E-state index contributed by atoms with van der Waals surface area (Å²) in [5.74, 6) is -2.06. The molecule has 3 N–H and O–H groups in total. The molecule has 2 saturated carbocycles. The number of amides is 4. The maximum absolute atomic E-state index is 14.4. The molecule has 17 heteroatoms. The first kappa shape index (κ1) is 36.3. The number of nitrogens with zero attached hydrogens (tertiary/aromatic N) is 5. The number of ether oxygens (including phenoxy) is 2. The van der Waals surface area contributed by atoms with Crippen LogP contribution in [0.4, 0.5) is 4.79 Å². The second-order valence-electron chi connectivity index (χ2n) is 14.9. The Balaban J connectivity index is 1.33. The highest BCUT2D eigenvalue weighted by atomic mass is 32.2. The van der Waals surface area contributed by atoms with Crippen molar-refractivity contribution in [1.29, 1.82) is 0 Å². The van der Waals surface area contributed by atoms with E-state index in [0.717, 1.165) is 24.2 Å². The van der Waals surface area contributed by atoms with Crippen molar-refractivity contribution in [2.75, 3.05) is 20.3 Å². The van der Waals surface area contributed by atoms with Crippen molar-refractivity contribution in [1.82, 2.24) is 40.5 Å². The van der Waals surface area contributed by atoms with Crippen LogP contribution in [0.3, 0.4) is 0 Å². The summed E-state index contributed by atoms with van der Waals surface area (Å²) in [4.78, 5) is 57.8. The van der Waals surface area contributed by atoms with Crippen molar-refractivity contribution in [3.63, 3.8) is 0 Å². The molecule has 3 heterocycles. The lowest BCUT2D eigenvalue weighted by Crippen LogP contribution is -2.60. The topological polar surface area (TPSA) is 204 Å². The van der Waals surface area contributed by atoms with Gasteiger partial charge in [0.2, 0.25) is 21.8 Å². The summed E-state index contributed by atoms with van der Waals surface area (Å²) in [6.45, 7) is 9.31. The fourth-order valence-electron chi connectivity index (χ4n) is 6.85. The Morgan fingerprint density at radius 3 is 2.61 bits per heavy atom. The Hall–Kier alpha value is -4.54. The van der Waals surface area contributed by atoms with Crippen molar-refractivity contribution in [3.05, 3.63) is 42.2 Å². The molecule has 4 aliphatic rings. The fraction of sp³-hybridized carbons (Fsp3) is 0.618. The van der Waals surface area contributed by atoms with Crippen molar-refractivity contribution < 1.29 is 37.1 Å². The molecule has 2 aliphatic carbocycles. The van der Waals surface area contributed by atoms with E-state index in [1.807, 2.05) is 18.2 Å². The number of aromatic nitrogens is 4. The average Bonchev–Trinajstić information content (AvgIpc) is 3.96. The van der Waals surface area contributed by atoms with Gasteiger partial charge in [-0.3, -0.25) is 19.1 Å². The van der Waals surface area contributed by atoms with E-state index in [0.29, 0.717) is 37.2 Å². The first-order valence-corrected chi connectivity index (χ1v) is 18.9. The second-order valence-corrected chi connectivity index (χ2v) is 16.9. The number of hydrogen-bond acceptors (Lipinski definition) is 11. The van der Waals surface area contributed by atoms with Gasteiger partial charge in [-0.2, -0.15) is 0 Å². The lowest BCUT2D eigenvalue weighted by molar-refractivity contribution is -0.142. The number of tetrazole rings is 1. The van der Waals surface area contributed by atoms with Gasteiger partial charge < -0.3 is 25.0 Å². The molecule has 0 radical (unpaired) electrons. The number of cyclic esters (lactones) is 1. The summed E-state index contributed by atoms with van der Waals surface area (Å²) >= 11 is 0. The Morgan fingerprint density at radius 1 is 1.18 bits per heavy atom. The van der Waals surface area contributed by atoms with Crippen LogP contribution < -0.4 is 20.1 Å². The molecule has 1 saturated heterocycles. The van der Waals surface area contributed by atoms with E-state index >= 15 is 0 Å². The summed E-state index contributed by atoms with van der Waals surface area (Å²) in [6.07, 6.45) is 4.80. The van der Waals surface area contributed by atoms with Gasteiger partial charge in [-0.25, -0.2) is 13.2 Å². The third-order valence-electron chi connectivity index (χ3n) is 10.1. The quantitative estimate of drug-likeness (QED) is 0.352. The van der Waals surface area contributed by atoms with Crippen molar-refractivity contribution in [3.8, 4) is 11.4 Å². The van der Waals surface area contributed by atoms with E-state index in [1.165, 1.54) is 15.8 Å². The van der Waals surface area contributed by atoms with Crippen molar-refractivity contribution in [2.45, 2.75) is 101 Å². The average molecular weight is 727 g/mol. The zero-order valence-corrected chi connectivity index (χ0v) is 30.2. The van der Waals surface area contributed by atoms with Crippen LogP contribution in [0.25, 0.3) is 5.69 Å². The molecule has 2 aromatic rings. The normalized spacial score (nSPS) is 27.2. The van der Waals surface area contributed by atoms with E-state index < -0.39 is 74.0 Å². The highest BCUT2D eigenvalue weighted by molar-refractivity contribution is 7.91. The van der Waals surface area contributed by atoms with Gasteiger partial charge in [0.15, 0.2) is 5.82 Å². The van der Waals surface area contributed by atoms with Crippen LogP contribution in [0, 0.1) is 11.3 Å². The summed E-state index contributed by atoms with van der Waals surface area (Å²) in [5.41, 5.74) is -0.723. The minimum absolute atomic E-state index is 0.0138. The molecule has 5 atom stereocenters. The number of aryl methyl sites for hydroxylation is 1. The molecule has 16 nitrogen and oxygen atoms in total. The third-order valence-corrected chi connectivity index (χ3v) is 11.9. The highest BCUT2D eigenvalue weighted by Crippen LogP contribution is 2.46. The first-order chi connectivity index (χ1) is 24.2. The van der Waals surface area contributed by atoms with E-state index in [1.54, 1.807) is 27.9 Å². The maximum atomic E-state index is 14.4. The van der Waals surface area contributed by atoms with Crippen molar-refractivity contribution >= 4 is 33.8 Å². The lowest BCUT2D eigenvalue weighted by Gasteiger charge is -2.35. The number of nitrogens with one attached hydrogen (secondary N) is 3. The van der Waals surface area contributed by atoms with Crippen LogP contribution >= 0.6 is 0 Å². The Kier molecular flexibility index (Phi) is 9.87. The van der Waals surface area contributed by atoms with E-state index in [2.05, 4.69) is 37.3 Å². The smallest absolute Gasteiger partial charge is 0.407 e. The maximum Gasteiger partial charge on any atom is 0.407 e. The summed E-state index contributed by atoms with van der Waals surface area (Å²) in [7, 11) is -2.29. The molecule has 51 heavy (non-hydrogen) atoms. The minimum Gasteiger partial charge on any atom is -0.496 e. The van der Waals surface area contributed by atoms with Crippen LogP contribution in [0.5, 0.6) is 5.75 Å². The number of fused-ring (bicyclic) bond motifs is 8. The zero-order valence-electron chi connectivity index (χ0n) is 29.4. The number of carbonyl (C=O) groups is 4. The molecule has 0 spiro atoms. The highest BCUT2D eigenvalue weighted by Gasteiger charge is 2.62. The molecule has 4 amide bonds. The Bertz CT molecular complexity index is 1820. The molecule has 2 aliphatic heterocycles. The van der Waals surface area contributed by atoms with Crippen LogP contribution in [-0.2, 0) is 35.6 Å². The van der Waals surface area contributed by atoms with Crippen LogP contribution in [0.1, 0.15) is 83.0 Å². The molecule has 1 aromatic carbocycles. The molecule has 276 valence electrons. The van der Waals surface area contributed by atoms with Crippen molar-refractivity contribution in [2.24, 2.45) is 11.3 Å². The number of alkyl carbamates (subject to hydrolysis) is 1. The summed E-state index contributed by atoms with van der Waals surface area (Å²) in [6, 6.07) is 3.38. The number of sulfonamides is 1. The SMILES string of the molecule is C=C[C@H]1C[C@@]1(NC(=O)[C@@H]1C[C@@H]2CN1C(=O)[C@@H](C(C)(C)C)NC(=O)OCCCCCc1cc(ccc1OC)-n1nnc2n1)C(=O)NS(=O)(=O)C1CC1. The van der Waals surface area contributed by atoms with Gasteiger partial charge in [-0.15, -0.1) is 21.6 Å². The summed E-state index contributed by atoms with van der Waals surface area (Å²) in [5, 5.41) is 18.1.